The van der Waals surface area contributed by atoms with Gasteiger partial charge in [0.2, 0.25) is 0 Å². The molecule has 0 aromatic heterocycles. The molecule has 0 fully saturated rings. The van der Waals surface area contributed by atoms with Gasteiger partial charge in [-0.3, -0.25) is 9.59 Å². The van der Waals surface area contributed by atoms with E-state index in [0.717, 1.165) is 6.07 Å². The Bertz CT molecular complexity index is 473. The van der Waals surface area contributed by atoms with Crippen molar-refractivity contribution >= 4 is 17.4 Å². The summed E-state index contributed by atoms with van der Waals surface area (Å²) in [5.41, 5.74) is 0.590. The molecule has 1 aliphatic heterocycles. The lowest BCUT2D eigenvalue weighted by molar-refractivity contribution is -0.114. The Hall–Kier alpha value is -1.75. The van der Waals surface area contributed by atoms with Gasteiger partial charge in [-0.2, -0.15) is 0 Å². The van der Waals surface area contributed by atoms with Crippen LogP contribution in [0, 0.1) is 5.82 Å². The van der Waals surface area contributed by atoms with Crippen LogP contribution < -0.4 is 4.90 Å². The van der Waals surface area contributed by atoms with E-state index < -0.39 is 17.5 Å². The average molecular weight is 237 g/mol. The van der Waals surface area contributed by atoms with Crippen molar-refractivity contribution in [3.63, 3.8) is 0 Å². The Morgan fingerprint density at radius 1 is 1.35 bits per heavy atom. The molecule has 17 heavy (non-hydrogen) atoms. The van der Waals surface area contributed by atoms with Gasteiger partial charge in [0.05, 0.1) is 17.9 Å². The monoisotopic (exact) mass is 237 g/mol. The van der Waals surface area contributed by atoms with E-state index in [2.05, 4.69) is 0 Å². The molecule has 1 heterocycles. The van der Waals surface area contributed by atoms with Crippen LogP contribution in [0.5, 0.6) is 0 Å². The van der Waals surface area contributed by atoms with Crippen molar-refractivity contribution in [3.8, 4) is 0 Å². The molecule has 2 rings (SSSR count). The molecule has 0 radical (unpaired) electrons. The molecule has 0 atom stereocenters. The fraction of sp³-hybridized carbons (Fsp3) is 0.333. The lowest BCUT2D eigenvalue weighted by Gasteiger charge is -2.15. The van der Waals surface area contributed by atoms with Gasteiger partial charge in [0.1, 0.15) is 5.82 Å². The number of Topliss-reactive ketones (excluding diaryl/α,β-unsaturated/α-hetero) is 1. The minimum atomic E-state index is -0.656. The number of hydrogen-bond donors (Lipinski definition) is 0. The van der Waals surface area contributed by atoms with Crippen LogP contribution in [-0.2, 0) is 9.53 Å². The van der Waals surface area contributed by atoms with Crippen molar-refractivity contribution in [2.45, 2.75) is 6.92 Å². The Morgan fingerprint density at radius 2 is 2.12 bits per heavy atom. The summed E-state index contributed by atoms with van der Waals surface area (Å²) in [7, 11) is 0. The maximum atomic E-state index is 13.0. The molecule has 1 aromatic rings. The van der Waals surface area contributed by atoms with E-state index in [1.165, 1.54) is 17.0 Å². The van der Waals surface area contributed by atoms with Crippen molar-refractivity contribution in [2.75, 3.05) is 24.7 Å². The summed E-state index contributed by atoms with van der Waals surface area (Å²) >= 11 is 0. The fourth-order valence-corrected chi connectivity index (χ4v) is 1.79. The molecule has 90 valence electrons. The van der Waals surface area contributed by atoms with Crippen LogP contribution in [0.1, 0.15) is 17.3 Å². The minimum Gasteiger partial charge on any atom is -0.380 e. The van der Waals surface area contributed by atoms with Crippen LogP contribution in [0.15, 0.2) is 18.2 Å². The van der Waals surface area contributed by atoms with Crippen molar-refractivity contribution in [1.82, 2.24) is 0 Å². The highest BCUT2D eigenvalue weighted by molar-refractivity contribution is 6.52. The molecule has 0 spiro atoms. The largest absolute Gasteiger partial charge is 0.380 e. The van der Waals surface area contributed by atoms with Gasteiger partial charge in [-0.15, -0.1) is 0 Å². The summed E-state index contributed by atoms with van der Waals surface area (Å²) in [6, 6.07) is 3.77. The van der Waals surface area contributed by atoms with E-state index in [1.807, 2.05) is 6.92 Å². The molecular weight excluding hydrogens is 225 g/mol. The van der Waals surface area contributed by atoms with Gasteiger partial charge < -0.3 is 9.64 Å². The van der Waals surface area contributed by atoms with Crippen LogP contribution in [0.3, 0.4) is 0 Å². The van der Waals surface area contributed by atoms with Crippen molar-refractivity contribution in [1.29, 1.82) is 0 Å². The summed E-state index contributed by atoms with van der Waals surface area (Å²) in [6.45, 7) is 3.05. The number of hydrogen-bond acceptors (Lipinski definition) is 3. The third-order valence-corrected chi connectivity index (χ3v) is 2.60. The predicted molar refractivity (Wildman–Crippen MR) is 59.6 cm³/mol. The Balaban J connectivity index is 2.25. The van der Waals surface area contributed by atoms with Crippen LogP contribution in [0.25, 0.3) is 0 Å². The first-order valence-corrected chi connectivity index (χ1v) is 5.38. The van der Waals surface area contributed by atoms with Crippen LogP contribution >= 0.6 is 0 Å². The third kappa shape index (κ3) is 2.06. The molecule has 0 N–H and O–H groups in total. The number of fused-ring (bicyclic) bond motifs is 1. The number of carbonyl (C=O) groups is 2. The molecule has 0 bridgehead atoms. The quantitative estimate of drug-likeness (QED) is 0.587. The van der Waals surface area contributed by atoms with Gasteiger partial charge in [-0.1, -0.05) is 0 Å². The lowest BCUT2D eigenvalue weighted by Crippen LogP contribution is -2.32. The summed E-state index contributed by atoms with van der Waals surface area (Å²) < 4.78 is 18.1. The zero-order chi connectivity index (χ0) is 12.4. The molecule has 4 nitrogen and oxygen atoms in total. The second-order valence-corrected chi connectivity index (χ2v) is 3.64. The topological polar surface area (TPSA) is 46.6 Å². The Morgan fingerprint density at radius 3 is 2.82 bits per heavy atom. The number of rotatable bonds is 4. The molecule has 0 saturated heterocycles. The highest BCUT2D eigenvalue weighted by atomic mass is 19.1. The molecular formula is C12H12FNO3. The number of benzene rings is 1. The minimum absolute atomic E-state index is 0.131. The molecule has 5 heteroatoms. The van der Waals surface area contributed by atoms with E-state index in [9.17, 15) is 14.0 Å². The van der Waals surface area contributed by atoms with Gasteiger partial charge in [0, 0.05) is 13.2 Å². The summed E-state index contributed by atoms with van der Waals surface area (Å²) in [4.78, 5) is 24.6. The number of carbonyl (C=O) groups excluding carboxylic acids is 2. The standard InChI is InChI=1S/C12H12FNO3/c1-2-17-6-5-14-10-4-3-8(13)7-9(10)11(15)12(14)16/h3-4,7H,2,5-6H2,1H3. The summed E-state index contributed by atoms with van der Waals surface area (Å²) in [5.74, 6) is -1.79. The molecule has 1 aliphatic rings. The first-order chi connectivity index (χ1) is 8.15. The predicted octanol–water partition coefficient (Wildman–Crippen LogP) is 1.39. The van der Waals surface area contributed by atoms with E-state index in [-0.39, 0.29) is 5.56 Å². The van der Waals surface area contributed by atoms with E-state index in [4.69, 9.17) is 4.74 Å². The second kappa shape index (κ2) is 4.63. The SMILES string of the molecule is CCOCCN1C(=O)C(=O)c2cc(F)ccc21. The maximum absolute atomic E-state index is 13.0. The van der Waals surface area contributed by atoms with Gasteiger partial charge in [0.25, 0.3) is 11.7 Å². The van der Waals surface area contributed by atoms with E-state index in [1.54, 1.807) is 0 Å². The highest BCUT2D eigenvalue weighted by Gasteiger charge is 2.35. The van der Waals surface area contributed by atoms with Crippen LogP contribution in [0.4, 0.5) is 10.1 Å². The molecule has 0 aliphatic carbocycles. The Kier molecular flexibility index (Phi) is 3.19. The average Bonchev–Trinajstić information content (AvgIpc) is 2.54. The maximum Gasteiger partial charge on any atom is 0.299 e. The molecule has 0 saturated carbocycles. The van der Waals surface area contributed by atoms with Gasteiger partial charge in [-0.05, 0) is 25.1 Å². The van der Waals surface area contributed by atoms with Crippen LogP contribution in [-0.4, -0.2) is 31.4 Å². The van der Waals surface area contributed by atoms with E-state index >= 15 is 0 Å². The number of nitrogens with zero attached hydrogens (tertiary/aromatic N) is 1. The molecule has 1 amide bonds. The zero-order valence-corrected chi connectivity index (χ0v) is 9.40. The van der Waals surface area contributed by atoms with Crippen LogP contribution in [0.2, 0.25) is 0 Å². The van der Waals surface area contributed by atoms with Crippen molar-refractivity contribution in [3.05, 3.63) is 29.6 Å². The molecule has 0 unspecified atom stereocenters. The number of ether oxygens (including phenoxy) is 1. The smallest absolute Gasteiger partial charge is 0.299 e. The summed E-state index contributed by atoms with van der Waals surface area (Å²) in [5, 5.41) is 0. The number of ketones is 1. The number of amides is 1. The normalized spacial score (nSPS) is 14.4. The number of halogens is 1. The van der Waals surface area contributed by atoms with Gasteiger partial charge >= 0.3 is 0 Å². The van der Waals surface area contributed by atoms with Gasteiger partial charge in [0.15, 0.2) is 0 Å². The Labute approximate surface area is 98.0 Å². The highest BCUT2D eigenvalue weighted by Crippen LogP contribution is 2.29. The number of anilines is 1. The van der Waals surface area contributed by atoms with Crippen molar-refractivity contribution in [2.24, 2.45) is 0 Å². The molecule has 1 aromatic carbocycles. The zero-order valence-electron chi connectivity index (χ0n) is 9.40. The second-order valence-electron chi connectivity index (χ2n) is 3.64. The van der Waals surface area contributed by atoms with Gasteiger partial charge in [-0.25, -0.2) is 4.39 Å². The van der Waals surface area contributed by atoms with E-state index in [0.29, 0.717) is 25.4 Å². The van der Waals surface area contributed by atoms with Crippen molar-refractivity contribution < 1.29 is 18.7 Å². The third-order valence-electron chi connectivity index (χ3n) is 2.60. The lowest BCUT2D eigenvalue weighted by atomic mass is 10.1. The first-order valence-electron chi connectivity index (χ1n) is 5.38. The fourth-order valence-electron chi connectivity index (χ4n) is 1.79. The summed E-state index contributed by atoms with van der Waals surface area (Å²) in [6.07, 6.45) is 0. The first kappa shape index (κ1) is 11.7.